The van der Waals surface area contributed by atoms with E-state index in [0.29, 0.717) is 0 Å². The number of aryl methyl sites for hydroxylation is 1. The summed E-state index contributed by atoms with van der Waals surface area (Å²) >= 11 is -1.37. The van der Waals surface area contributed by atoms with Crippen molar-refractivity contribution < 1.29 is 27.2 Å². The van der Waals surface area contributed by atoms with E-state index in [0.717, 1.165) is 6.42 Å². The molecule has 0 heterocycles. The van der Waals surface area contributed by atoms with E-state index in [9.17, 15) is 0 Å². The standard InChI is InChI=1S/C7H9.2CO.W/c1-2-7-5-3-4-6-7;2*1-2;/h3-6H,2H2,1H3;;;/q-1;;;. The Morgan fingerprint density at radius 3 is 1.92 bits per heavy atom. The first-order valence-electron chi connectivity index (χ1n) is 3.45. The average molecular weight is 333 g/mol. The van der Waals surface area contributed by atoms with Crippen molar-refractivity contribution in [2.75, 3.05) is 0 Å². The summed E-state index contributed by atoms with van der Waals surface area (Å²) in [7, 11) is 0. The first-order valence-corrected chi connectivity index (χ1v) is 6.39. The first-order chi connectivity index (χ1) is 5.85. The molecular formula is C9H9O2W-. The summed E-state index contributed by atoms with van der Waals surface area (Å²) in [6, 6.07) is 8.41. The zero-order chi connectivity index (χ0) is 9.23. The molecule has 0 radical (unpaired) electrons. The molecule has 0 saturated carbocycles. The predicted octanol–water partition coefficient (Wildman–Crippen LogP) is 1.17. The van der Waals surface area contributed by atoms with Gasteiger partial charge in [0.15, 0.2) is 0 Å². The van der Waals surface area contributed by atoms with Crippen molar-refractivity contribution in [3.8, 4) is 0 Å². The van der Waals surface area contributed by atoms with E-state index in [1.807, 2.05) is 0 Å². The van der Waals surface area contributed by atoms with Gasteiger partial charge in [-0.05, 0) is 0 Å². The van der Waals surface area contributed by atoms with Crippen LogP contribution in [-0.2, 0) is 33.7 Å². The molecule has 1 aromatic carbocycles. The summed E-state index contributed by atoms with van der Waals surface area (Å²) in [4.78, 5) is 18.2. The van der Waals surface area contributed by atoms with Crippen molar-refractivity contribution in [2.24, 2.45) is 0 Å². The van der Waals surface area contributed by atoms with Gasteiger partial charge in [0, 0.05) is 0 Å². The molecule has 0 amide bonds. The Balaban J connectivity index is 0.000000217. The van der Waals surface area contributed by atoms with E-state index in [-0.39, 0.29) is 0 Å². The topological polar surface area (TPSA) is 34.1 Å². The molecule has 1 aromatic rings. The van der Waals surface area contributed by atoms with Gasteiger partial charge in [0.1, 0.15) is 0 Å². The summed E-state index contributed by atoms with van der Waals surface area (Å²) in [5.74, 6) is 0. The monoisotopic (exact) mass is 333 g/mol. The van der Waals surface area contributed by atoms with Gasteiger partial charge < -0.3 is 0 Å². The van der Waals surface area contributed by atoms with Gasteiger partial charge in [-0.3, -0.25) is 0 Å². The number of hydrogen-bond acceptors (Lipinski definition) is 2. The minimum absolute atomic E-state index is 1.16. The predicted molar refractivity (Wildman–Crippen MR) is 42.8 cm³/mol. The van der Waals surface area contributed by atoms with E-state index in [1.54, 1.807) is 0 Å². The quantitative estimate of drug-likeness (QED) is 0.723. The zero-order valence-electron chi connectivity index (χ0n) is 6.74. The molecule has 0 aliphatic rings. The van der Waals surface area contributed by atoms with Gasteiger partial charge >= 0.3 is 35.8 Å². The van der Waals surface area contributed by atoms with Gasteiger partial charge in [-0.25, -0.2) is 12.1 Å². The van der Waals surface area contributed by atoms with Gasteiger partial charge in [0.2, 0.25) is 0 Å². The van der Waals surface area contributed by atoms with Crippen LogP contribution >= 0.6 is 0 Å². The Kier molecular flexibility index (Phi) is 7.74. The molecule has 12 heavy (non-hydrogen) atoms. The van der Waals surface area contributed by atoms with Gasteiger partial charge in [-0.15, -0.1) is 0 Å². The van der Waals surface area contributed by atoms with Crippen LogP contribution in [0.3, 0.4) is 0 Å². The van der Waals surface area contributed by atoms with E-state index in [2.05, 4.69) is 31.2 Å². The normalized spacial score (nSPS) is 7.08. The molecule has 3 heteroatoms. The minimum atomic E-state index is -1.37. The molecule has 0 N–H and O–H groups in total. The first kappa shape index (κ1) is 11.2. The number of hydrogen-bond donors (Lipinski definition) is 0. The van der Waals surface area contributed by atoms with Crippen molar-refractivity contribution in [3.05, 3.63) is 29.8 Å². The molecule has 0 atom stereocenters. The van der Waals surface area contributed by atoms with Crippen molar-refractivity contribution >= 4 is 8.53 Å². The Morgan fingerprint density at radius 2 is 1.75 bits per heavy atom. The van der Waals surface area contributed by atoms with Gasteiger partial charge in [-0.1, -0.05) is 13.3 Å². The molecule has 0 fully saturated rings. The van der Waals surface area contributed by atoms with Gasteiger partial charge in [0.05, 0.1) is 0 Å². The molecule has 0 unspecified atom stereocenters. The van der Waals surface area contributed by atoms with Crippen LogP contribution in [-0.4, -0.2) is 8.53 Å². The molecule has 0 bridgehead atoms. The van der Waals surface area contributed by atoms with Crippen LogP contribution in [0.5, 0.6) is 0 Å². The van der Waals surface area contributed by atoms with Crippen LogP contribution in [0.1, 0.15) is 12.5 Å². The third-order valence-electron chi connectivity index (χ3n) is 1.22. The van der Waals surface area contributed by atoms with E-state index >= 15 is 0 Å². The van der Waals surface area contributed by atoms with Gasteiger partial charge in [-0.2, -0.15) is 17.7 Å². The Hall–Kier alpha value is -0.802. The van der Waals surface area contributed by atoms with Crippen LogP contribution in [0, 0.1) is 0 Å². The second-order valence-corrected chi connectivity index (χ2v) is 3.85. The van der Waals surface area contributed by atoms with Crippen molar-refractivity contribution in [1.29, 1.82) is 0 Å². The molecule has 0 saturated heterocycles. The summed E-state index contributed by atoms with van der Waals surface area (Å²) < 4.78 is 3.02. The summed E-state index contributed by atoms with van der Waals surface area (Å²) in [6.45, 7) is 2.16. The number of carbonyl (C=O) groups excluding carboxylic acids is 2. The molecular weight excluding hydrogens is 324 g/mol. The zero-order valence-corrected chi connectivity index (χ0v) is 9.67. The summed E-state index contributed by atoms with van der Waals surface area (Å²) in [6.07, 6.45) is 1.16. The summed E-state index contributed by atoms with van der Waals surface area (Å²) in [5, 5.41) is 0. The molecule has 1 rings (SSSR count). The van der Waals surface area contributed by atoms with Gasteiger partial charge in [0.25, 0.3) is 0 Å². The van der Waals surface area contributed by atoms with Crippen LogP contribution in [0.15, 0.2) is 24.3 Å². The van der Waals surface area contributed by atoms with Crippen LogP contribution in [0.2, 0.25) is 0 Å². The van der Waals surface area contributed by atoms with Crippen LogP contribution < -0.4 is 0 Å². The van der Waals surface area contributed by atoms with E-state index < -0.39 is 17.6 Å². The SMILES string of the molecule is CC[c-]1cccc1.O=[C]=[W]=[C]=O. The van der Waals surface area contributed by atoms with Crippen molar-refractivity contribution in [2.45, 2.75) is 13.3 Å². The Bertz CT molecular complexity index is 285. The molecule has 0 aliphatic carbocycles. The molecule has 2 nitrogen and oxygen atoms in total. The third-order valence-corrected chi connectivity index (χ3v) is 1.82. The van der Waals surface area contributed by atoms with E-state index in [1.165, 1.54) is 14.1 Å². The second kappa shape index (κ2) is 8.30. The fraction of sp³-hybridized carbons (Fsp3) is 0.222. The van der Waals surface area contributed by atoms with Crippen molar-refractivity contribution in [1.82, 2.24) is 0 Å². The Morgan fingerprint density at radius 1 is 1.25 bits per heavy atom. The average Bonchev–Trinajstić information content (AvgIpc) is 2.58. The molecule has 0 aromatic heterocycles. The Labute approximate surface area is 79.1 Å². The van der Waals surface area contributed by atoms with Crippen molar-refractivity contribution in [3.63, 3.8) is 0 Å². The maximum absolute atomic E-state index is 9.09. The fourth-order valence-corrected chi connectivity index (χ4v) is 0.789. The summed E-state index contributed by atoms with van der Waals surface area (Å²) in [5.41, 5.74) is 1.43. The second-order valence-electron chi connectivity index (χ2n) is 1.92. The van der Waals surface area contributed by atoms with Crippen LogP contribution in [0.4, 0.5) is 0 Å². The third kappa shape index (κ3) is 5.94. The van der Waals surface area contributed by atoms with Crippen LogP contribution in [0.25, 0.3) is 0 Å². The molecule has 0 aliphatic heterocycles. The molecule has 64 valence electrons. The fourth-order valence-electron chi connectivity index (χ4n) is 0.667. The van der Waals surface area contributed by atoms with E-state index in [4.69, 9.17) is 9.59 Å². The number of rotatable bonds is 1. The molecule has 0 spiro atoms. The maximum atomic E-state index is 9.09.